The molecule has 0 aromatic rings. The zero-order valence-electron chi connectivity index (χ0n) is 3.51. The van der Waals surface area contributed by atoms with E-state index in [0.29, 0.717) is 0 Å². The van der Waals surface area contributed by atoms with E-state index in [4.69, 9.17) is 0 Å². The molecule has 0 aromatic heterocycles. The predicted molar refractivity (Wildman–Crippen MR) is 26.1 cm³/mol. The third kappa shape index (κ3) is 712. The van der Waals surface area contributed by atoms with Gasteiger partial charge in [-0.3, -0.25) is 28.2 Å². The summed E-state index contributed by atoms with van der Waals surface area (Å²) in [5.74, 6) is 0. The Kier molecular flexibility index (Phi) is 247000. The Morgan fingerprint density at radius 2 is 0.375 bits per heavy atom. The van der Waals surface area contributed by atoms with Crippen LogP contribution in [0.2, 0.25) is 0 Å². The molecular formula is H9F6FeP. The first-order valence-corrected chi connectivity index (χ1v) is 0. The van der Waals surface area contributed by atoms with Gasteiger partial charge in [-0.25, -0.2) is 0 Å². The van der Waals surface area contributed by atoms with Gasteiger partial charge in [0, 0.05) is 17.1 Å². The minimum absolute atomic E-state index is 0. The smallest absolute Gasteiger partial charge is 0 e. The molecule has 1 unspecified atom stereocenters. The second kappa shape index (κ2) is 1150. The molecule has 0 aromatic carbocycles. The average Bonchev–Trinajstić information content (AvgIpc) is 0. The van der Waals surface area contributed by atoms with Crippen molar-refractivity contribution in [2.75, 3.05) is 0 Å². The molecule has 0 fully saturated rings. The second-order valence-corrected chi connectivity index (χ2v) is 0. The Labute approximate surface area is 56.1 Å². The first-order chi connectivity index (χ1) is 0. The van der Waals surface area contributed by atoms with E-state index in [1.807, 2.05) is 0 Å². The van der Waals surface area contributed by atoms with Crippen LogP contribution in [0, 0.1) is 0 Å². The van der Waals surface area contributed by atoms with Crippen LogP contribution in [-0.2, 0) is 17.1 Å². The topological polar surface area (TPSA) is 0 Å². The molecule has 0 nitrogen and oxygen atoms in total. The number of rotatable bonds is 0. The van der Waals surface area contributed by atoms with Crippen LogP contribution in [0.3, 0.4) is 0 Å². The Morgan fingerprint density at radius 1 is 0.375 bits per heavy atom. The van der Waals surface area contributed by atoms with Gasteiger partial charge in [0.05, 0.1) is 0 Å². The van der Waals surface area contributed by atoms with Gasteiger partial charge in [0.2, 0.25) is 0 Å². The van der Waals surface area contributed by atoms with Gasteiger partial charge >= 0.3 is 0 Å². The Bertz CT molecular complexity index is 8.49. The molecule has 0 aliphatic heterocycles. The maximum absolute atomic E-state index is 0. The molecule has 0 aliphatic rings. The van der Waals surface area contributed by atoms with Gasteiger partial charge in [-0.2, -0.15) is 9.90 Å². The van der Waals surface area contributed by atoms with Gasteiger partial charge in [0.25, 0.3) is 0 Å². The number of halogens is 6. The van der Waals surface area contributed by atoms with E-state index >= 15 is 0 Å². The predicted octanol–water partition coefficient (Wildman–Crippen LogP) is 0.971. The summed E-state index contributed by atoms with van der Waals surface area (Å²) in [6.45, 7) is 0. The van der Waals surface area contributed by atoms with Crippen molar-refractivity contribution in [3.05, 3.63) is 0 Å². The molecule has 8 heteroatoms. The maximum Gasteiger partial charge on any atom is 0 e. The second-order valence-electron chi connectivity index (χ2n) is 0. The van der Waals surface area contributed by atoms with Crippen molar-refractivity contribution >= 4 is 9.90 Å². The minimum atomic E-state index is 0. The summed E-state index contributed by atoms with van der Waals surface area (Å²) in [7, 11) is 0. The summed E-state index contributed by atoms with van der Waals surface area (Å²) in [6.07, 6.45) is 0. The van der Waals surface area contributed by atoms with Crippen LogP contribution < -0.4 is 0 Å². The third-order valence-corrected chi connectivity index (χ3v) is 0. The van der Waals surface area contributed by atoms with Crippen LogP contribution in [0.15, 0.2) is 0 Å². The van der Waals surface area contributed by atoms with Crippen molar-refractivity contribution in [1.82, 2.24) is 0 Å². The molecule has 0 rings (SSSR count). The standard InChI is InChI=1S/6FH.Fe.H3P/h6*1H;;1H3. The summed E-state index contributed by atoms with van der Waals surface area (Å²) in [5.41, 5.74) is 0. The molecule has 0 spiro atoms. The van der Waals surface area contributed by atoms with Crippen LogP contribution in [-0.4, -0.2) is 0 Å². The van der Waals surface area contributed by atoms with Crippen molar-refractivity contribution in [2.24, 2.45) is 0 Å². The first kappa shape index (κ1) is 1720. The van der Waals surface area contributed by atoms with E-state index in [1.165, 1.54) is 0 Å². The van der Waals surface area contributed by atoms with Crippen molar-refractivity contribution in [3.63, 3.8) is 0 Å². The van der Waals surface area contributed by atoms with Gasteiger partial charge in [0.1, 0.15) is 0 Å². The van der Waals surface area contributed by atoms with Crippen LogP contribution in [0.5, 0.6) is 0 Å². The van der Waals surface area contributed by atoms with Crippen LogP contribution in [0.25, 0.3) is 0 Å². The van der Waals surface area contributed by atoms with E-state index in [1.54, 1.807) is 0 Å². The van der Waals surface area contributed by atoms with Crippen LogP contribution >= 0.6 is 9.90 Å². The van der Waals surface area contributed by atoms with E-state index in [9.17, 15) is 0 Å². The molecule has 0 amide bonds. The molecule has 8 heavy (non-hydrogen) atoms. The maximum atomic E-state index is 0. The van der Waals surface area contributed by atoms with Gasteiger partial charge in [-0.1, -0.05) is 0 Å². The van der Waals surface area contributed by atoms with Crippen molar-refractivity contribution in [1.29, 1.82) is 0 Å². The molecule has 0 heterocycles. The zero-order chi connectivity index (χ0) is 0. The molecule has 0 aliphatic carbocycles. The number of hydrogen-bond acceptors (Lipinski definition) is 0. The molecule has 0 N–H and O–H groups in total. The fraction of sp³-hybridized carbons (Fsp3) is 0. The normalized spacial score (nSPS) is 0. The molecular weight excluding hydrogens is 201 g/mol. The quantitative estimate of drug-likeness (QED) is 0.317. The molecule has 0 saturated heterocycles. The summed E-state index contributed by atoms with van der Waals surface area (Å²) in [5, 5.41) is 0. The Morgan fingerprint density at radius 3 is 0.375 bits per heavy atom. The molecule has 64 valence electrons. The molecule has 0 bridgehead atoms. The third-order valence-electron chi connectivity index (χ3n) is 0. The number of hydrogen-bond donors (Lipinski definition) is 0. The van der Waals surface area contributed by atoms with Crippen molar-refractivity contribution in [2.45, 2.75) is 0 Å². The molecule has 0 radical (unpaired) electrons. The van der Waals surface area contributed by atoms with Crippen molar-refractivity contribution in [3.8, 4) is 0 Å². The van der Waals surface area contributed by atoms with E-state index < -0.39 is 0 Å². The zero-order valence-corrected chi connectivity index (χ0v) is 6.03. The fourth-order valence-corrected chi connectivity index (χ4v) is 0. The van der Waals surface area contributed by atoms with Crippen LogP contribution in [0.4, 0.5) is 28.2 Å². The summed E-state index contributed by atoms with van der Waals surface area (Å²) in [6, 6.07) is 0. The Balaban J connectivity index is 0. The summed E-state index contributed by atoms with van der Waals surface area (Å²) >= 11 is 0. The summed E-state index contributed by atoms with van der Waals surface area (Å²) < 4.78 is 0. The molecule has 1 atom stereocenters. The van der Waals surface area contributed by atoms with Crippen LogP contribution in [0.1, 0.15) is 0 Å². The molecule has 0 saturated carbocycles. The first-order valence-electron chi connectivity index (χ1n) is 0. The van der Waals surface area contributed by atoms with Gasteiger partial charge in [0.15, 0.2) is 0 Å². The average molecular weight is 210 g/mol. The largest absolute Gasteiger partial charge is 0.269 e. The minimum Gasteiger partial charge on any atom is -0.269 e. The summed E-state index contributed by atoms with van der Waals surface area (Å²) in [4.78, 5) is 0. The van der Waals surface area contributed by atoms with E-state index in [-0.39, 0.29) is 55.2 Å². The Hall–Kier alpha value is 0.529. The SMILES string of the molecule is F.F.F.F.F.F.P.[Fe]. The van der Waals surface area contributed by atoms with Crippen molar-refractivity contribution < 1.29 is 45.3 Å². The fourth-order valence-electron chi connectivity index (χ4n) is 0. The monoisotopic (exact) mass is 210 g/mol. The van der Waals surface area contributed by atoms with Gasteiger partial charge in [-0.05, 0) is 0 Å². The van der Waals surface area contributed by atoms with Gasteiger partial charge < -0.3 is 0 Å². The van der Waals surface area contributed by atoms with E-state index in [2.05, 4.69) is 0 Å². The van der Waals surface area contributed by atoms with Gasteiger partial charge in [-0.15, -0.1) is 0 Å². The van der Waals surface area contributed by atoms with E-state index in [0.717, 1.165) is 0 Å².